The molecule has 100 valence electrons. The number of nitrogens with zero attached hydrogens (tertiary/aromatic N) is 2. The van der Waals surface area contributed by atoms with Crippen molar-refractivity contribution >= 4 is 10.0 Å². The van der Waals surface area contributed by atoms with E-state index in [2.05, 4.69) is 10.2 Å². The average molecular weight is 269 g/mol. The highest BCUT2D eigenvalue weighted by Gasteiger charge is 2.41. The van der Waals surface area contributed by atoms with Crippen molar-refractivity contribution in [1.29, 1.82) is 0 Å². The highest BCUT2D eigenvalue weighted by Crippen LogP contribution is 2.39. The normalized spacial score (nSPS) is 29.4. The van der Waals surface area contributed by atoms with Crippen molar-refractivity contribution in [3.63, 3.8) is 0 Å². The van der Waals surface area contributed by atoms with Crippen molar-refractivity contribution in [3.05, 3.63) is 11.9 Å². The first-order chi connectivity index (χ1) is 8.60. The second-order valence-corrected chi connectivity index (χ2v) is 7.23. The van der Waals surface area contributed by atoms with E-state index in [0.717, 1.165) is 19.3 Å². The number of aromatic amines is 1. The van der Waals surface area contributed by atoms with Gasteiger partial charge in [-0.15, -0.1) is 0 Å². The van der Waals surface area contributed by atoms with Crippen LogP contribution in [0.25, 0.3) is 0 Å². The molecular weight excluding hydrogens is 250 g/mol. The standard InChI is InChI=1S/C12H19N3O2S/c1-9-12(8-13-14-9)18(16,17)15-7-3-5-10-4-2-6-11(10)15/h8,10-11H,2-7H2,1H3,(H,13,14). The van der Waals surface area contributed by atoms with Crippen molar-refractivity contribution in [2.75, 3.05) is 6.54 Å². The number of nitrogens with one attached hydrogen (secondary N) is 1. The average Bonchev–Trinajstić information content (AvgIpc) is 2.96. The Bertz CT molecular complexity index is 537. The molecule has 5 nitrogen and oxygen atoms in total. The quantitative estimate of drug-likeness (QED) is 0.888. The van der Waals surface area contributed by atoms with Crippen LogP contribution in [0.4, 0.5) is 0 Å². The fourth-order valence-corrected chi connectivity index (χ4v) is 5.31. The third-order valence-electron chi connectivity index (χ3n) is 4.31. The number of fused-ring (bicyclic) bond motifs is 1. The maximum absolute atomic E-state index is 12.7. The van der Waals surface area contributed by atoms with E-state index in [-0.39, 0.29) is 6.04 Å². The Morgan fingerprint density at radius 3 is 2.83 bits per heavy atom. The molecule has 0 bridgehead atoms. The first kappa shape index (κ1) is 12.2. The van der Waals surface area contributed by atoms with Gasteiger partial charge in [-0.25, -0.2) is 8.42 Å². The zero-order chi connectivity index (χ0) is 12.8. The Labute approximate surface area is 108 Å². The highest BCUT2D eigenvalue weighted by molar-refractivity contribution is 7.89. The van der Waals surface area contributed by atoms with E-state index in [9.17, 15) is 8.42 Å². The molecule has 0 aromatic carbocycles. The summed E-state index contributed by atoms with van der Waals surface area (Å²) in [6.07, 6.45) is 6.95. The molecule has 1 aromatic rings. The Kier molecular flexibility index (Phi) is 2.94. The third kappa shape index (κ3) is 1.78. The van der Waals surface area contributed by atoms with Crippen LogP contribution in [0.3, 0.4) is 0 Å². The molecule has 2 atom stereocenters. The van der Waals surface area contributed by atoms with Gasteiger partial charge in [0.05, 0.1) is 11.9 Å². The van der Waals surface area contributed by atoms with Crippen LogP contribution in [0, 0.1) is 12.8 Å². The summed E-state index contributed by atoms with van der Waals surface area (Å²) < 4.78 is 27.1. The molecule has 6 heteroatoms. The van der Waals surface area contributed by atoms with Gasteiger partial charge in [-0.3, -0.25) is 5.10 Å². The second-order valence-electron chi connectivity index (χ2n) is 5.38. The number of hydrogen-bond donors (Lipinski definition) is 1. The summed E-state index contributed by atoms with van der Waals surface area (Å²) >= 11 is 0. The molecular formula is C12H19N3O2S. The molecule has 2 aliphatic rings. The van der Waals surface area contributed by atoms with Crippen LogP contribution in [0.5, 0.6) is 0 Å². The van der Waals surface area contributed by atoms with Gasteiger partial charge in [0, 0.05) is 12.6 Å². The van der Waals surface area contributed by atoms with E-state index in [4.69, 9.17) is 0 Å². The molecule has 0 spiro atoms. The minimum absolute atomic E-state index is 0.220. The Balaban J connectivity index is 1.96. The van der Waals surface area contributed by atoms with E-state index in [1.54, 1.807) is 11.2 Å². The van der Waals surface area contributed by atoms with Gasteiger partial charge in [-0.05, 0) is 38.5 Å². The molecule has 1 aliphatic heterocycles. The molecule has 0 radical (unpaired) electrons. The molecule has 2 fully saturated rings. The van der Waals surface area contributed by atoms with Gasteiger partial charge in [0.2, 0.25) is 10.0 Å². The number of rotatable bonds is 2. The van der Waals surface area contributed by atoms with Gasteiger partial charge >= 0.3 is 0 Å². The molecule has 2 unspecified atom stereocenters. The fraction of sp³-hybridized carbons (Fsp3) is 0.750. The summed E-state index contributed by atoms with van der Waals surface area (Å²) in [5.41, 5.74) is 0.634. The van der Waals surface area contributed by atoms with Gasteiger partial charge in [-0.2, -0.15) is 9.40 Å². The predicted molar refractivity (Wildman–Crippen MR) is 67.6 cm³/mol. The lowest BCUT2D eigenvalue weighted by Crippen LogP contribution is -2.46. The van der Waals surface area contributed by atoms with Gasteiger partial charge in [0.15, 0.2) is 0 Å². The molecule has 1 saturated heterocycles. The van der Waals surface area contributed by atoms with Crippen molar-refractivity contribution in [1.82, 2.24) is 14.5 Å². The molecule has 1 aliphatic carbocycles. The first-order valence-electron chi connectivity index (χ1n) is 6.62. The number of piperidine rings is 1. The van der Waals surface area contributed by atoms with Crippen LogP contribution in [-0.4, -0.2) is 35.5 Å². The number of sulfonamides is 1. The second kappa shape index (κ2) is 4.35. The lowest BCUT2D eigenvalue weighted by Gasteiger charge is -2.36. The smallest absolute Gasteiger partial charge is 0.246 e. The molecule has 1 saturated carbocycles. The van der Waals surface area contributed by atoms with Gasteiger partial charge in [0.1, 0.15) is 4.90 Å². The monoisotopic (exact) mass is 269 g/mol. The molecule has 1 aromatic heterocycles. The molecule has 18 heavy (non-hydrogen) atoms. The minimum atomic E-state index is -3.36. The van der Waals surface area contributed by atoms with Crippen LogP contribution in [0.15, 0.2) is 11.1 Å². The summed E-state index contributed by atoms with van der Waals surface area (Å²) in [7, 11) is -3.36. The van der Waals surface area contributed by atoms with Gasteiger partial charge < -0.3 is 0 Å². The Morgan fingerprint density at radius 1 is 1.33 bits per heavy atom. The van der Waals surface area contributed by atoms with E-state index in [1.165, 1.54) is 19.0 Å². The fourth-order valence-electron chi connectivity index (χ4n) is 3.43. The Morgan fingerprint density at radius 2 is 2.11 bits per heavy atom. The van der Waals surface area contributed by atoms with Crippen molar-refractivity contribution < 1.29 is 8.42 Å². The van der Waals surface area contributed by atoms with Crippen molar-refractivity contribution in [2.45, 2.75) is 50.0 Å². The summed E-state index contributed by atoms with van der Waals surface area (Å²) in [6, 6.07) is 0.220. The maximum atomic E-state index is 12.7. The number of aromatic nitrogens is 2. The van der Waals surface area contributed by atoms with Crippen LogP contribution in [0.1, 0.15) is 37.8 Å². The Hall–Kier alpha value is -0.880. The summed E-state index contributed by atoms with van der Waals surface area (Å²) in [5.74, 6) is 0.570. The summed E-state index contributed by atoms with van der Waals surface area (Å²) in [5, 5.41) is 6.56. The molecule has 3 rings (SSSR count). The number of H-pyrrole nitrogens is 1. The zero-order valence-corrected chi connectivity index (χ0v) is 11.4. The predicted octanol–water partition coefficient (Wildman–Crippen LogP) is 1.67. The first-order valence-corrected chi connectivity index (χ1v) is 8.06. The number of aryl methyl sites for hydroxylation is 1. The molecule has 0 amide bonds. The van der Waals surface area contributed by atoms with Crippen LogP contribution < -0.4 is 0 Å². The SMILES string of the molecule is Cc1[nH]ncc1S(=O)(=O)N1CCCC2CCCC21. The summed E-state index contributed by atoms with van der Waals surface area (Å²) in [6.45, 7) is 2.42. The molecule has 2 heterocycles. The van der Waals surface area contributed by atoms with Crippen LogP contribution in [0.2, 0.25) is 0 Å². The maximum Gasteiger partial charge on any atom is 0.246 e. The van der Waals surface area contributed by atoms with Gasteiger partial charge in [0.25, 0.3) is 0 Å². The van der Waals surface area contributed by atoms with E-state index < -0.39 is 10.0 Å². The van der Waals surface area contributed by atoms with Crippen LogP contribution in [-0.2, 0) is 10.0 Å². The third-order valence-corrected chi connectivity index (χ3v) is 6.35. The lowest BCUT2D eigenvalue weighted by molar-refractivity contribution is 0.202. The van der Waals surface area contributed by atoms with E-state index >= 15 is 0 Å². The van der Waals surface area contributed by atoms with E-state index in [0.29, 0.717) is 23.1 Å². The van der Waals surface area contributed by atoms with Crippen LogP contribution >= 0.6 is 0 Å². The lowest BCUT2D eigenvalue weighted by atomic mass is 9.94. The van der Waals surface area contributed by atoms with Gasteiger partial charge in [-0.1, -0.05) is 6.42 Å². The van der Waals surface area contributed by atoms with Crippen molar-refractivity contribution in [2.24, 2.45) is 5.92 Å². The largest absolute Gasteiger partial charge is 0.281 e. The highest BCUT2D eigenvalue weighted by atomic mass is 32.2. The summed E-state index contributed by atoms with van der Waals surface area (Å²) in [4.78, 5) is 0.343. The van der Waals surface area contributed by atoms with E-state index in [1.807, 2.05) is 0 Å². The molecule has 1 N–H and O–H groups in total. The minimum Gasteiger partial charge on any atom is -0.281 e. The van der Waals surface area contributed by atoms with Crippen molar-refractivity contribution in [3.8, 4) is 0 Å². The zero-order valence-electron chi connectivity index (χ0n) is 10.6. The number of hydrogen-bond acceptors (Lipinski definition) is 3. The topological polar surface area (TPSA) is 66.1 Å².